The number of nitrogens with zero attached hydrogens (tertiary/aromatic N) is 2. The van der Waals surface area contributed by atoms with E-state index in [2.05, 4.69) is 9.97 Å². The molecule has 132 valence electrons. The summed E-state index contributed by atoms with van der Waals surface area (Å²) >= 11 is 0. The van der Waals surface area contributed by atoms with Gasteiger partial charge in [0, 0.05) is 30.9 Å². The molecule has 0 radical (unpaired) electrons. The Morgan fingerprint density at radius 2 is 2.08 bits per heavy atom. The monoisotopic (exact) mass is 349 g/mol. The summed E-state index contributed by atoms with van der Waals surface area (Å²) in [5, 5.41) is 0.582. The Hall–Kier alpha value is -3.15. The normalized spacial score (nSPS) is 16.8. The standard InChI is InChI=1S/C20H19N3O3/c24-19(13-26-15-5-2-1-3-6-15)23-10-8-14(12-23)17-11-18-16(20(25)22-17)7-4-9-21-18/h1-7,9,11,14H,8,10,12-13H2,(H,22,25)/t14-/m1/s1. The molecule has 0 spiro atoms. The minimum Gasteiger partial charge on any atom is -0.484 e. The molecule has 4 rings (SSSR count). The van der Waals surface area contributed by atoms with Crippen LogP contribution in [0.1, 0.15) is 18.0 Å². The number of ether oxygens (including phenoxy) is 1. The fourth-order valence-corrected chi connectivity index (χ4v) is 3.32. The van der Waals surface area contributed by atoms with Gasteiger partial charge in [-0.15, -0.1) is 0 Å². The lowest BCUT2D eigenvalue weighted by Crippen LogP contribution is -2.33. The first kappa shape index (κ1) is 16.3. The zero-order chi connectivity index (χ0) is 17.9. The number of hydrogen-bond acceptors (Lipinski definition) is 4. The summed E-state index contributed by atoms with van der Waals surface area (Å²) in [6.45, 7) is 1.25. The fourth-order valence-electron chi connectivity index (χ4n) is 3.32. The molecular formula is C20H19N3O3. The molecular weight excluding hydrogens is 330 g/mol. The zero-order valence-corrected chi connectivity index (χ0v) is 14.2. The molecule has 1 N–H and O–H groups in total. The average Bonchev–Trinajstić information content (AvgIpc) is 3.17. The summed E-state index contributed by atoms with van der Waals surface area (Å²) < 4.78 is 5.54. The maximum absolute atomic E-state index is 12.4. The molecule has 1 aliphatic heterocycles. The molecule has 0 unspecified atom stereocenters. The first-order valence-electron chi connectivity index (χ1n) is 8.64. The maximum Gasteiger partial charge on any atom is 0.260 e. The number of amides is 1. The van der Waals surface area contributed by atoms with Crippen molar-refractivity contribution in [2.75, 3.05) is 19.7 Å². The van der Waals surface area contributed by atoms with Crippen LogP contribution in [0.15, 0.2) is 59.5 Å². The van der Waals surface area contributed by atoms with Gasteiger partial charge in [-0.3, -0.25) is 14.6 Å². The van der Waals surface area contributed by atoms with Gasteiger partial charge in [-0.05, 0) is 36.8 Å². The van der Waals surface area contributed by atoms with Crippen LogP contribution in [0, 0.1) is 0 Å². The number of aromatic amines is 1. The summed E-state index contributed by atoms with van der Waals surface area (Å²) in [7, 11) is 0. The highest BCUT2D eigenvalue weighted by Gasteiger charge is 2.28. The smallest absolute Gasteiger partial charge is 0.260 e. The van der Waals surface area contributed by atoms with Gasteiger partial charge in [0.25, 0.3) is 11.5 Å². The van der Waals surface area contributed by atoms with Gasteiger partial charge in [0.15, 0.2) is 6.61 Å². The average molecular weight is 349 g/mol. The van der Waals surface area contributed by atoms with E-state index >= 15 is 0 Å². The molecule has 1 aliphatic rings. The Kier molecular flexibility index (Phi) is 4.39. The van der Waals surface area contributed by atoms with Crippen LogP contribution in [-0.4, -0.2) is 40.5 Å². The molecule has 1 amide bonds. The van der Waals surface area contributed by atoms with Crippen molar-refractivity contribution in [3.8, 4) is 5.75 Å². The van der Waals surface area contributed by atoms with Crippen molar-refractivity contribution in [2.45, 2.75) is 12.3 Å². The van der Waals surface area contributed by atoms with Gasteiger partial charge < -0.3 is 14.6 Å². The van der Waals surface area contributed by atoms with Crippen LogP contribution in [0.25, 0.3) is 10.9 Å². The van der Waals surface area contributed by atoms with Gasteiger partial charge in [0.05, 0.1) is 10.9 Å². The number of likely N-dealkylation sites (tertiary alicyclic amines) is 1. The molecule has 26 heavy (non-hydrogen) atoms. The third kappa shape index (κ3) is 3.31. The third-order valence-electron chi connectivity index (χ3n) is 4.72. The number of para-hydroxylation sites is 1. The van der Waals surface area contributed by atoms with E-state index in [1.807, 2.05) is 36.4 Å². The van der Waals surface area contributed by atoms with Gasteiger partial charge >= 0.3 is 0 Å². The molecule has 0 aliphatic carbocycles. The van der Waals surface area contributed by atoms with Gasteiger partial charge in [0.1, 0.15) is 5.75 Å². The van der Waals surface area contributed by atoms with Crippen molar-refractivity contribution in [1.29, 1.82) is 0 Å². The summed E-state index contributed by atoms with van der Waals surface area (Å²) in [6, 6.07) is 14.7. The predicted octanol–water partition coefficient (Wildman–Crippen LogP) is 2.32. The number of rotatable bonds is 4. The lowest BCUT2D eigenvalue weighted by molar-refractivity contribution is -0.132. The molecule has 1 aromatic carbocycles. The van der Waals surface area contributed by atoms with Crippen molar-refractivity contribution in [3.63, 3.8) is 0 Å². The number of H-pyrrole nitrogens is 1. The Morgan fingerprint density at radius 3 is 2.92 bits per heavy atom. The number of pyridine rings is 2. The first-order chi connectivity index (χ1) is 12.7. The predicted molar refractivity (Wildman–Crippen MR) is 98.2 cm³/mol. The Morgan fingerprint density at radius 1 is 1.23 bits per heavy atom. The van der Waals surface area contributed by atoms with Crippen molar-refractivity contribution in [1.82, 2.24) is 14.9 Å². The van der Waals surface area contributed by atoms with Crippen LogP contribution in [0.4, 0.5) is 0 Å². The molecule has 2 aromatic heterocycles. The lowest BCUT2D eigenvalue weighted by atomic mass is 10.0. The SMILES string of the molecule is O=C(COc1ccccc1)N1CC[C@@H](c2cc3ncccc3c(=O)[nH]2)C1. The molecule has 0 saturated carbocycles. The molecule has 6 heteroatoms. The minimum absolute atomic E-state index is 0.0204. The second kappa shape index (κ2) is 7.00. The molecule has 1 atom stereocenters. The molecule has 6 nitrogen and oxygen atoms in total. The number of aromatic nitrogens is 2. The summed E-state index contributed by atoms with van der Waals surface area (Å²) in [5.41, 5.74) is 1.38. The largest absolute Gasteiger partial charge is 0.484 e. The van der Waals surface area contributed by atoms with Crippen molar-refractivity contribution in [3.05, 3.63) is 70.8 Å². The van der Waals surface area contributed by atoms with Crippen molar-refractivity contribution in [2.24, 2.45) is 0 Å². The van der Waals surface area contributed by atoms with Crippen LogP contribution >= 0.6 is 0 Å². The number of carbonyl (C=O) groups excluding carboxylic acids is 1. The molecule has 1 saturated heterocycles. The highest BCUT2D eigenvalue weighted by molar-refractivity contribution is 5.79. The first-order valence-corrected chi connectivity index (χ1v) is 8.64. The van der Waals surface area contributed by atoms with E-state index in [1.165, 1.54) is 0 Å². The van der Waals surface area contributed by atoms with E-state index in [0.717, 1.165) is 12.1 Å². The number of fused-ring (bicyclic) bond motifs is 1. The van der Waals surface area contributed by atoms with E-state index in [-0.39, 0.29) is 24.0 Å². The minimum atomic E-state index is -0.136. The quantitative estimate of drug-likeness (QED) is 0.784. The second-order valence-electron chi connectivity index (χ2n) is 6.42. The van der Waals surface area contributed by atoms with E-state index < -0.39 is 0 Å². The highest BCUT2D eigenvalue weighted by atomic mass is 16.5. The van der Waals surface area contributed by atoms with Crippen LogP contribution in [0.2, 0.25) is 0 Å². The topological polar surface area (TPSA) is 75.3 Å². The van der Waals surface area contributed by atoms with E-state index in [1.54, 1.807) is 23.2 Å². The summed E-state index contributed by atoms with van der Waals surface area (Å²) in [4.78, 5) is 33.6. The molecule has 1 fully saturated rings. The van der Waals surface area contributed by atoms with Gasteiger partial charge in [-0.1, -0.05) is 18.2 Å². The van der Waals surface area contributed by atoms with Crippen molar-refractivity contribution >= 4 is 16.8 Å². The van der Waals surface area contributed by atoms with Crippen LogP contribution in [-0.2, 0) is 4.79 Å². The van der Waals surface area contributed by atoms with Crippen molar-refractivity contribution < 1.29 is 9.53 Å². The second-order valence-corrected chi connectivity index (χ2v) is 6.42. The van der Waals surface area contributed by atoms with Gasteiger partial charge in [0.2, 0.25) is 0 Å². The molecule has 0 bridgehead atoms. The number of hydrogen-bond donors (Lipinski definition) is 1. The van der Waals surface area contributed by atoms with E-state index in [9.17, 15) is 9.59 Å². The third-order valence-corrected chi connectivity index (χ3v) is 4.72. The highest BCUT2D eigenvalue weighted by Crippen LogP contribution is 2.26. The maximum atomic E-state index is 12.4. The van der Waals surface area contributed by atoms with Crippen LogP contribution in [0.5, 0.6) is 5.75 Å². The van der Waals surface area contributed by atoms with Gasteiger partial charge in [-0.25, -0.2) is 0 Å². The van der Waals surface area contributed by atoms with Crippen LogP contribution in [0.3, 0.4) is 0 Å². The molecule has 3 aromatic rings. The van der Waals surface area contributed by atoms with Gasteiger partial charge in [-0.2, -0.15) is 0 Å². The number of carbonyl (C=O) groups is 1. The van der Waals surface area contributed by atoms with Crippen LogP contribution < -0.4 is 10.3 Å². The Balaban J connectivity index is 1.43. The summed E-state index contributed by atoms with van der Waals surface area (Å²) in [6.07, 6.45) is 2.49. The van der Waals surface area contributed by atoms with E-state index in [0.29, 0.717) is 29.7 Å². The zero-order valence-electron chi connectivity index (χ0n) is 14.2. The number of benzene rings is 1. The Bertz CT molecular complexity index is 984. The fraction of sp³-hybridized carbons (Fsp3) is 0.250. The lowest BCUT2D eigenvalue weighted by Gasteiger charge is -2.17. The molecule has 3 heterocycles. The number of nitrogens with one attached hydrogen (secondary N) is 1. The Labute approximate surface area is 150 Å². The van der Waals surface area contributed by atoms with E-state index in [4.69, 9.17) is 4.74 Å². The summed E-state index contributed by atoms with van der Waals surface area (Å²) in [5.74, 6) is 0.744.